The van der Waals surface area contributed by atoms with E-state index in [0.29, 0.717) is 28.6 Å². The molecule has 2 amide bonds. The van der Waals surface area contributed by atoms with Crippen LogP contribution in [0.1, 0.15) is 29.5 Å². The van der Waals surface area contributed by atoms with E-state index in [0.717, 1.165) is 26.9 Å². The molecular formula is C22H21BrN2O2S2. The van der Waals surface area contributed by atoms with E-state index >= 15 is 0 Å². The van der Waals surface area contributed by atoms with Crippen LogP contribution in [-0.4, -0.2) is 27.6 Å². The van der Waals surface area contributed by atoms with Crippen molar-refractivity contribution in [3.05, 3.63) is 68.5 Å². The molecule has 2 aromatic carbocycles. The number of rotatable bonds is 6. The summed E-state index contributed by atoms with van der Waals surface area (Å²) < 4.78 is 1.52. The highest BCUT2D eigenvalue weighted by Gasteiger charge is 2.31. The Morgan fingerprint density at radius 3 is 2.66 bits per heavy atom. The van der Waals surface area contributed by atoms with Crippen LogP contribution in [0, 0.1) is 13.8 Å². The van der Waals surface area contributed by atoms with Gasteiger partial charge in [-0.3, -0.25) is 14.5 Å². The van der Waals surface area contributed by atoms with Crippen LogP contribution in [0.25, 0.3) is 6.08 Å². The zero-order valence-electron chi connectivity index (χ0n) is 16.2. The standard InChI is InChI=1S/C22H21BrN2O2S2/c1-14-5-3-6-18(15(14)2)24-20(26)7-4-12-25-21(27)19(29-22(25)28)13-16-8-10-17(23)11-9-16/h3,5-6,8-11,13H,4,7,12H2,1-2H3,(H,24,26). The number of nitrogens with zero attached hydrogens (tertiary/aromatic N) is 1. The first-order valence-electron chi connectivity index (χ1n) is 9.22. The first-order chi connectivity index (χ1) is 13.8. The number of hydrogen-bond donors (Lipinski definition) is 1. The van der Waals surface area contributed by atoms with Gasteiger partial charge in [-0.05, 0) is 61.2 Å². The Balaban J connectivity index is 1.54. The molecule has 0 unspecified atom stereocenters. The second kappa shape index (κ2) is 9.69. The lowest BCUT2D eigenvalue weighted by Gasteiger charge is -2.14. The Bertz CT molecular complexity index is 987. The molecule has 0 spiro atoms. The van der Waals surface area contributed by atoms with Crippen molar-refractivity contribution in [1.29, 1.82) is 0 Å². The topological polar surface area (TPSA) is 49.4 Å². The van der Waals surface area contributed by atoms with E-state index in [1.54, 1.807) is 4.90 Å². The fraction of sp³-hybridized carbons (Fsp3) is 0.227. The third-order valence-corrected chi connectivity index (χ3v) is 6.61. The van der Waals surface area contributed by atoms with E-state index in [1.165, 1.54) is 11.8 Å². The number of aryl methyl sites for hydroxylation is 1. The van der Waals surface area contributed by atoms with Gasteiger partial charge in [0, 0.05) is 23.1 Å². The summed E-state index contributed by atoms with van der Waals surface area (Å²) in [6.07, 6.45) is 2.73. The molecule has 7 heteroatoms. The summed E-state index contributed by atoms with van der Waals surface area (Å²) in [6.45, 7) is 4.44. The number of nitrogens with one attached hydrogen (secondary N) is 1. The van der Waals surface area contributed by atoms with Crippen molar-refractivity contribution in [1.82, 2.24) is 4.90 Å². The van der Waals surface area contributed by atoms with Crippen LogP contribution in [0.4, 0.5) is 5.69 Å². The zero-order valence-corrected chi connectivity index (χ0v) is 19.4. The Kier molecular flexibility index (Phi) is 7.27. The fourth-order valence-electron chi connectivity index (χ4n) is 2.90. The number of hydrogen-bond acceptors (Lipinski definition) is 4. The van der Waals surface area contributed by atoms with Crippen LogP contribution < -0.4 is 5.32 Å². The van der Waals surface area contributed by atoms with Crippen molar-refractivity contribution in [2.45, 2.75) is 26.7 Å². The van der Waals surface area contributed by atoms with Gasteiger partial charge >= 0.3 is 0 Å². The first-order valence-corrected chi connectivity index (χ1v) is 11.2. The molecule has 29 heavy (non-hydrogen) atoms. The Hall–Kier alpha value is -1.96. The number of carbonyl (C=O) groups excluding carboxylic acids is 2. The number of thioether (sulfide) groups is 1. The molecule has 0 radical (unpaired) electrons. The summed E-state index contributed by atoms with van der Waals surface area (Å²) in [6, 6.07) is 13.6. The van der Waals surface area contributed by atoms with E-state index in [9.17, 15) is 9.59 Å². The predicted octanol–water partition coefficient (Wildman–Crippen LogP) is 5.69. The minimum atomic E-state index is -0.0992. The largest absolute Gasteiger partial charge is 0.326 e. The lowest BCUT2D eigenvalue weighted by atomic mass is 10.1. The summed E-state index contributed by atoms with van der Waals surface area (Å²) in [5.74, 6) is -0.160. The second-order valence-corrected chi connectivity index (χ2v) is 9.38. The van der Waals surface area contributed by atoms with Crippen LogP contribution in [-0.2, 0) is 9.59 Å². The monoisotopic (exact) mass is 488 g/mol. The SMILES string of the molecule is Cc1cccc(NC(=O)CCCN2C(=O)C(=Cc3ccc(Br)cc3)SC2=S)c1C. The molecule has 4 nitrogen and oxygen atoms in total. The number of anilines is 1. The molecule has 0 aliphatic carbocycles. The molecule has 1 fully saturated rings. The van der Waals surface area contributed by atoms with Crippen molar-refractivity contribution >= 4 is 67.8 Å². The second-order valence-electron chi connectivity index (χ2n) is 6.78. The molecule has 0 atom stereocenters. The molecule has 1 heterocycles. The van der Waals surface area contributed by atoms with Gasteiger partial charge in [0.1, 0.15) is 4.32 Å². The average Bonchev–Trinajstić information content (AvgIpc) is 2.94. The average molecular weight is 489 g/mol. The Labute approximate surface area is 188 Å². The maximum atomic E-state index is 12.7. The first kappa shape index (κ1) is 21.7. The third-order valence-electron chi connectivity index (χ3n) is 4.71. The molecule has 1 aliphatic rings. The molecule has 1 N–H and O–H groups in total. The van der Waals surface area contributed by atoms with Crippen molar-refractivity contribution < 1.29 is 9.59 Å². The minimum absolute atomic E-state index is 0.0606. The van der Waals surface area contributed by atoms with Gasteiger partial charge in [-0.15, -0.1) is 0 Å². The Morgan fingerprint density at radius 2 is 1.93 bits per heavy atom. The van der Waals surface area contributed by atoms with E-state index in [1.807, 2.05) is 62.4 Å². The van der Waals surface area contributed by atoms with Crippen LogP contribution in [0.3, 0.4) is 0 Å². The quantitative estimate of drug-likeness (QED) is 0.419. The summed E-state index contributed by atoms with van der Waals surface area (Å²) >= 11 is 10.1. The van der Waals surface area contributed by atoms with Gasteiger partial charge in [-0.1, -0.05) is 64.2 Å². The van der Waals surface area contributed by atoms with Gasteiger partial charge in [0.2, 0.25) is 5.91 Å². The van der Waals surface area contributed by atoms with Gasteiger partial charge in [0.25, 0.3) is 5.91 Å². The maximum absolute atomic E-state index is 12.7. The van der Waals surface area contributed by atoms with Crippen LogP contribution in [0.5, 0.6) is 0 Å². The highest BCUT2D eigenvalue weighted by Crippen LogP contribution is 2.33. The maximum Gasteiger partial charge on any atom is 0.266 e. The Morgan fingerprint density at radius 1 is 1.21 bits per heavy atom. The van der Waals surface area contributed by atoms with Gasteiger partial charge in [0.15, 0.2) is 0 Å². The van der Waals surface area contributed by atoms with Gasteiger partial charge in [0.05, 0.1) is 4.91 Å². The predicted molar refractivity (Wildman–Crippen MR) is 128 cm³/mol. The lowest BCUT2D eigenvalue weighted by molar-refractivity contribution is -0.122. The molecule has 2 aromatic rings. The van der Waals surface area contributed by atoms with Crippen molar-refractivity contribution in [2.24, 2.45) is 0 Å². The lowest BCUT2D eigenvalue weighted by Crippen LogP contribution is -2.29. The van der Waals surface area contributed by atoms with Crippen molar-refractivity contribution in [3.63, 3.8) is 0 Å². The molecule has 0 aromatic heterocycles. The summed E-state index contributed by atoms with van der Waals surface area (Å²) in [5, 5.41) is 2.95. The molecule has 3 rings (SSSR count). The van der Waals surface area contributed by atoms with E-state index < -0.39 is 0 Å². The summed E-state index contributed by atoms with van der Waals surface area (Å²) in [5.41, 5.74) is 3.98. The molecule has 0 saturated carbocycles. The fourth-order valence-corrected chi connectivity index (χ4v) is 4.47. The van der Waals surface area contributed by atoms with Crippen LogP contribution in [0.15, 0.2) is 51.8 Å². The number of thiocarbonyl (C=S) groups is 1. The number of amides is 2. The third kappa shape index (κ3) is 5.56. The summed E-state index contributed by atoms with van der Waals surface area (Å²) in [4.78, 5) is 27.1. The van der Waals surface area contributed by atoms with Crippen molar-refractivity contribution in [2.75, 3.05) is 11.9 Å². The molecule has 0 bridgehead atoms. The van der Waals surface area contributed by atoms with E-state index in [2.05, 4.69) is 21.2 Å². The normalized spacial score (nSPS) is 15.3. The zero-order chi connectivity index (χ0) is 21.0. The van der Waals surface area contributed by atoms with Crippen molar-refractivity contribution in [3.8, 4) is 0 Å². The number of carbonyl (C=O) groups is 2. The van der Waals surface area contributed by atoms with Crippen LogP contribution in [0.2, 0.25) is 0 Å². The highest BCUT2D eigenvalue weighted by atomic mass is 79.9. The van der Waals surface area contributed by atoms with Gasteiger partial charge < -0.3 is 5.32 Å². The van der Waals surface area contributed by atoms with Gasteiger partial charge in [-0.25, -0.2) is 0 Å². The minimum Gasteiger partial charge on any atom is -0.326 e. The molecule has 150 valence electrons. The number of halogens is 1. The molecule has 1 aliphatic heterocycles. The smallest absolute Gasteiger partial charge is 0.266 e. The summed E-state index contributed by atoms with van der Waals surface area (Å²) in [7, 11) is 0. The van der Waals surface area contributed by atoms with Crippen LogP contribution >= 0.6 is 39.9 Å². The molecule has 1 saturated heterocycles. The van der Waals surface area contributed by atoms with Gasteiger partial charge in [-0.2, -0.15) is 0 Å². The molecular weight excluding hydrogens is 468 g/mol. The van der Waals surface area contributed by atoms with E-state index in [-0.39, 0.29) is 11.8 Å². The highest BCUT2D eigenvalue weighted by molar-refractivity contribution is 9.10. The van der Waals surface area contributed by atoms with E-state index in [4.69, 9.17) is 12.2 Å². The number of benzene rings is 2.